The van der Waals surface area contributed by atoms with Crippen molar-refractivity contribution in [1.82, 2.24) is 0 Å². The Hall–Kier alpha value is -2.19. The molecule has 0 aliphatic heterocycles. The highest BCUT2D eigenvalue weighted by Gasteiger charge is 2.20. The van der Waals surface area contributed by atoms with Gasteiger partial charge >= 0.3 is 0 Å². The second-order valence-electron chi connectivity index (χ2n) is 5.86. The van der Waals surface area contributed by atoms with Crippen molar-refractivity contribution in [3.8, 4) is 5.75 Å². The Morgan fingerprint density at radius 2 is 1.00 bits per heavy atom. The Morgan fingerprint density at radius 3 is 1.42 bits per heavy atom. The molecule has 122 valence electrons. The molecule has 0 fully saturated rings. The molecule has 0 saturated heterocycles. The van der Waals surface area contributed by atoms with Crippen molar-refractivity contribution >= 4 is 10.9 Å². The highest BCUT2D eigenvalue weighted by Crippen LogP contribution is 2.21. The molecule has 0 atom stereocenters. The van der Waals surface area contributed by atoms with Crippen LogP contribution in [0.25, 0.3) is 0 Å². The van der Waals surface area contributed by atoms with Crippen LogP contribution in [0.3, 0.4) is 0 Å². The van der Waals surface area contributed by atoms with Crippen LogP contribution in [0, 0.1) is 0 Å². The Balaban J connectivity index is 1.75. The van der Waals surface area contributed by atoms with Crippen molar-refractivity contribution in [2.45, 2.75) is 17.3 Å². The summed E-state index contributed by atoms with van der Waals surface area (Å²) in [5, 5.41) is 0. The standard InChI is InChI=1S/C22H23OS/c1-23-22-14-12-21(13-15-22)18-24(16-19-8-4-2-5-9-19)17-20-10-6-3-7-11-20/h2-15H,16-18H2,1H3/q+1. The molecule has 0 aromatic heterocycles. The third-order valence-corrected chi connectivity index (χ3v) is 6.18. The van der Waals surface area contributed by atoms with Crippen molar-refractivity contribution < 1.29 is 4.74 Å². The molecule has 0 aliphatic rings. The van der Waals surface area contributed by atoms with Gasteiger partial charge in [-0.1, -0.05) is 72.8 Å². The first-order valence-electron chi connectivity index (χ1n) is 8.18. The van der Waals surface area contributed by atoms with Crippen LogP contribution in [0.2, 0.25) is 0 Å². The molecule has 24 heavy (non-hydrogen) atoms. The van der Waals surface area contributed by atoms with Gasteiger partial charge in [0.15, 0.2) is 0 Å². The van der Waals surface area contributed by atoms with Gasteiger partial charge in [-0.15, -0.1) is 0 Å². The van der Waals surface area contributed by atoms with Crippen molar-refractivity contribution in [1.29, 1.82) is 0 Å². The average molecular weight is 335 g/mol. The number of benzene rings is 3. The van der Waals surface area contributed by atoms with Crippen LogP contribution in [0.4, 0.5) is 0 Å². The molecular weight excluding hydrogens is 312 g/mol. The predicted octanol–water partition coefficient (Wildman–Crippen LogP) is 5.21. The van der Waals surface area contributed by atoms with Crippen LogP contribution in [-0.2, 0) is 28.2 Å². The van der Waals surface area contributed by atoms with E-state index in [9.17, 15) is 0 Å². The van der Waals surface area contributed by atoms with E-state index in [0.29, 0.717) is 0 Å². The minimum Gasteiger partial charge on any atom is -0.497 e. The Kier molecular flexibility index (Phi) is 5.97. The molecule has 0 spiro atoms. The van der Waals surface area contributed by atoms with Crippen LogP contribution in [0.1, 0.15) is 16.7 Å². The lowest BCUT2D eigenvalue weighted by Gasteiger charge is -2.10. The number of rotatable bonds is 7. The molecular formula is C22H23OS+. The Labute approximate surface area is 147 Å². The zero-order valence-electron chi connectivity index (χ0n) is 14.0. The van der Waals surface area contributed by atoms with Crippen LogP contribution in [0.15, 0.2) is 84.9 Å². The fraction of sp³-hybridized carbons (Fsp3) is 0.182. The zero-order chi connectivity index (χ0) is 16.6. The fourth-order valence-corrected chi connectivity index (χ4v) is 5.03. The molecule has 3 rings (SSSR count). The maximum Gasteiger partial charge on any atom is 0.133 e. The van der Waals surface area contributed by atoms with E-state index >= 15 is 0 Å². The molecule has 0 saturated carbocycles. The molecule has 0 amide bonds. The lowest BCUT2D eigenvalue weighted by Crippen LogP contribution is -2.12. The molecule has 3 aromatic carbocycles. The Morgan fingerprint density at radius 1 is 0.583 bits per heavy atom. The smallest absolute Gasteiger partial charge is 0.133 e. The monoisotopic (exact) mass is 335 g/mol. The minimum atomic E-state index is 0.273. The summed E-state index contributed by atoms with van der Waals surface area (Å²) in [7, 11) is 1.99. The number of hydrogen-bond acceptors (Lipinski definition) is 1. The molecule has 0 heterocycles. The van der Waals surface area contributed by atoms with Crippen LogP contribution in [0.5, 0.6) is 5.75 Å². The zero-order valence-corrected chi connectivity index (χ0v) is 14.8. The summed E-state index contributed by atoms with van der Waals surface area (Å²) in [6.07, 6.45) is 0. The van der Waals surface area contributed by atoms with Gasteiger partial charge in [0.25, 0.3) is 0 Å². The minimum absolute atomic E-state index is 0.273. The summed E-state index contributed by atoms with van der Waals surface area (Å²) in [6.45, 7) is 0. The van der Waals surface area contributed by atoms with E-state index in [1.54, 1.807) is 7.11 Å². The summed E-state index contributed by atoms with van der Waals surface area (Å²) in [4.78, 5) is 0. The number of methoxy groups -OCH3 is 1. The van der Waals surface area contributed by atoms with E-state index in [2.05, 4.69) is 84.9 Å². The summed E-state index contributed by atoms with van der Waals surface area (Å²) >= 11 is 0. The first kappa shape index (κ1) is 16.7. The second-order valence-corrected chi connectivity index (χ2v) is 7.96. The van der Waals surface area contributed by atoms with E-state index in [0.717, 1.165) is 23.0 Å². The molecule has 2 heteroatoms. The van der Waals surface area contributed by atoms with E-state index in [1.165, 1.54) is 16.7 Å². The summed E-state index contributed by atoms with van der Waals surface area (Å²) in [5.74, 6) is 4.28. The maximum atomic E-state index is 5.27. The average Bonchev–Trinajstić information content (AvgIpc) is 2.64. The van der Waals surface area contributed by atoms with Gasteiger partial charge in [0.1, 0.15) is 23.0 Å². The molecule has 0 N–H and O–H groups in total. The fourth-order valence-electron chi connectivity index (χ4n) is 2.73. The van der Waals surface area contributed by atoms with Crippen molar-refractivity contribution in [3.05, 3.63) is 102 Å². The molecule has 0 bridgehead atoms. The van der Waals surface area contributed by atoms with Crippen LogP contribution < -0.4 is 4.74 Å². The number of hydrogen-bond donors (Lipinski definition) is 0. The lowest BCUT2D eigenvalue weighted by atomic mass is 10.2. The number of ether oxygens (including phenoxy) is 1. The summed E-state index contributed by atoms with van der Waals surface area (Å²) in [5.41, 5.74) is 4.22. The van der Waals surface area contributed by atoms with Gasteiger partial charge in [-0.2, -0.15) is 0 Å². The van der Waals surface area contributed by atoms with Gasteiger partial charge in [-0.3, -0.25) is 0 Å². The molecule has 1 nitrogen and oxygen atoms in total. The largest absolute Gasteiger partial charge is 0.497 e. The van der Waals surface area contributed by atoms with Crippen molar-refractivity contribution in [2.75, 3.05) is 7.11 Å². The van der Waals surface area contributed by atoms with Gasteiger partial charge in [0, 0.05) is 27.6 Å². The normalized spacial score (nSPS) is 10.8. The molecule has 3 aromatic rings. The first-order valence-corrected chi connectivity index (χ1v) is 9.91. The quantitative estimate of drug-likeness (QED) is 0.538. The van der Waals surface area contributed by atoms with E-state index in [4.69, 9.17) is 4.74 Å². The van der Waals surface area contributed by atoms with E-state index in [1.807, 2.05) is 0 Å². The maximum absolute atomic E-state index is 5.27. The van der Waals surface area contributed by atoms with Crippen molar-refractivity contribution in [3.63, 3.8) is 0 Å². The van der Waals surface area contributed by atoms with E-state index in [-0.39, 0.29) is 10.9 Å². The third kappa shape index (κ3) is 4.90. The SMILES string of the molecule is COc1ccc(C[S+](Cc2ccccc2)Cc2ccccc2)cc1. The molecule has 0 unspecified atom stereocenters. The first-order chi connectivity index (χ1) is 11.8. The molecule has 0 aliphatic carbocycles. The summed E-state index contributed by atoms with van der Waals surface area (Å²) < 4.78 is 5.27. The highest BCUT2D eigenvalue weighted by atomic mass is 32.2. The summed E-state index contributed by atoms with van der Waals surface area (Å²) in [6, 6.07) is 30.1. The van der Waals surface area contributed by atoms with Gasteiger partial charge in [0.05, 0.1) is 7.11 Å². The highest BCUT2D eigenvalue weighted by molar-refractivity contribution is 7.94. The van der Waals surface area contributed by atoms with Gasteiger partial charge < -0.3 is 4.74 Å². The van der Waals surface area contributed by atoms with E-state index < -0.39 is 0 Å². The topological polar surface area (TPSA) is 9.23 Å². The third-order valence-electron chi connectivity index (χ3n) is 3.96. The predicted molar refractivity (Wildman–Crippen MR) is 104 cm³/mol. The van der Waals surface area contributed by atoms with Gasteiger partial charge in [0.2, 0.25) is 0 Å². The second kappa shape index (κ2) is 8.60. The van der Waals surface area contributed by atoms with Gasteiger partial charge in [-0.25, -0.2) is 0 Å². The molecule has 0 radical (unpaired) electrons. The van der Waals surface area contributed by atoms with Crippen LogP contribution >= 0.6 is 0 Å². The van der Waals surface area contributed by atoms with Crippen molar-refractivity contribution in [2.24, 2.45) is 0 Å². The Bertz CT molecular complexity index is 681. The van der Waals surface area contributed by atoms with Crippen LogP contribution in [-0.4, -0.2) is 7.11 Å². The lowest BCUT2D eigenvalue weighted by molar-refractivity contribution is 0.414. The van der Waals surface area contributed by atoms with Gasteiger partial charge in [-0.05, 0) is 12.1 Å².